The van der Waals surface area contributed by atoms with E-state index < -0.39 is 10.8 Å². The van der Waals surface area contributed by atoms with Crippen LogP contribution in [0.15, 0.2) is 22.7 Å². The van der Waals surface area contributed by atoms with Gasteiger partial charge in [-0.05, 0) is 25.1 Å². The first-order chi connectivity index (χ1) is 9.06. The molecule has 4 nitrogen and oxygen atoms in total. The second-order valence-corrected chi connectivity index (χ2v) is 6.44. The third-order valence-corrected chi connectivity index (χ3v) is 4.28. The third kappa shape index (κ3) is 5.74. The SMILES string of the molecule is CCNC(=O)CCS(=O)Cc1cc(Br)ccc1OC. The molecule has 6 heteroatoms. The summed E-state index contributed by atoms with van der Waals surface area (Å²) in [4.78, 5) is 11.3. The lowest BCUT2D eigenvalue weighted by Crippen LogP contribution is -2.24. The van der Waals surface area contributed by atoms with Crippen LogP contribution in [0.5, 0.6) is 5.75 Å². The number of nitrogens with one attached hydrogen (secondary N) is 1. The smallest absolute Gasteiger partial charge is 0.220 e. The van der Waals surface area contributed by atoms with Crippen molar-refractivity contribution in [3.63, 3.8) is 0 Å². The van der Waals surface area contributed by atoms with E-state index in [2.05, 4.69) is 21.2 Å². The Labute approximate surface area is 124 Å². The van der Waals surface area contributed by atoms with Crippen molar-refractivity contribution in [2.45, 2.75) is 19.1 Å². The van der Waals surface area contributed by atoms with Crippen molar-refractivity contribution >= 4 is 32.6 Å². The number of carbonyl (C=O) groups excluding carboxylic acids is 1. The molecule has 19 heavy (non-hydrogen) atoms. The molecule has 1 N–H and O–H groups in total. The fraction of sp³-hybridized carbons (Fsp3) is 0.462. The van der Waals surface area contributed by atoms with Gasteiger partial charge in [0.25, 0.3) is 0 Å². The predicted octanol–water partition coefficient (Wildman–Crippen LogP) is 2.23. The zero-order chi connectivity index (χ0) is 14.3. The molecule has 1 aromatic rings. The van der Waals surface area contributed by atoms with Gasteiger partial charge < -0.3 is 10.1 Å². The van der Waals surface area contributed by atoms with Crippen LogP contribution < -0.4 is 10.1 Å². The van der Waals surface area contributed by atoms with E-state index in [0.29, 0.717) is 18.1 Å². The first kappa shape index (κ1) is 16.2. The van der Waals surface area contributed by atoms with E-state index in [9.17, 15) is 9.00 Å². The van der Waals surface area contributed by atoms with E-state index in [1.165, 1.54) is 0 Å². The summed E-state index contributed by atoms with van der Waals surface area (Å²) < 4.78 is 18.1. The van der Waals surface area contributed by atoms with Crippen LogP contribution in [0.3, 0.4) is 0 Å². The number of rotatable bonds is 7. The Morgan fingerprint density at radius 2 is 2.21 bits per heavy atom. The first-order valence-electron chi connectivity index (χ1n) is 6.01. The van der Waals surface area contributed by atoms with Crippen LogP contribution in [0, 0.1) is 0 Å². The second-order valence-electron chi connectivity index (χ2n) is 3.95. The van der Waals surface area contributed by atoms with Gasteiger partial charge in [-0.1, -0.05) is 15.9 Å². The number of methoxy groups -OCH3 is 1. The fourth-order valence-electron chi connectivity index (χ4n) is 1.60. The Kier molecular flexibility index (Phi) is 7.09. The molecule has 0 radical (unpaired) electrons. The molecule has 0 bridgehead atoms. The highest BCUT2D eigenvalue weighted by atomic mass is 79.9. The molecule has 0 aliphatic heterocycles. The lowest BCUT2D eigenvalue weighted by Gasteiger charge is -2.09. The molecule has 1 rings (SSSR count). The Morgan fingerprint density at radius 3 is 2.84 bits per heavy atom. The van der Waals surface area contributed by atoms with E-state index in [0.717, 1.165) is 15.8 Å². The van der Waals surface area contributed by atoms with Crippen LogP contribution in [0.25, 0.3) is 0 Å². The molecule has 0 aromatic heterocycles. The molecular formula is C13H18BrNO3S. The van der Waals surface area contributed by atoms with E-state index >= 15 is 0 Å². The molecule has 0 aliphatic carbocycles. The topological polar surface area (TPSA) is 55.4 Å². The molecule has 0 saturated heterocycles. The van der Waals surface area contributed by atoms with Gasteiger partial charge in [-0.25, -0.2) is 0 Å². The zero-order valence-electron chi connectivity index (χ0n) is 11.1. The van der Waals surface area contributed by atoms with E-state index in [-0.39, 0.29) is 12.3 Å². The Hall–Kier alpha value is -0.880. The lowest BCUT2D eigenvalue weighted by molar-refractivity contribution is -0.120. The van der Waals surface area contributed by atoms with Gasteiger partial charge in [0.15, 0.2) is 0 Å². The lowest BCUT2D eigenvalue weighted by atomic mass is 10.2. The molecule has 1 unspecified atom stereocenters. The molecule has 1 aromatic carbocycles. The standard InChI is InChI=1S/C13H18BrNO3S/c1-3-15-13(16)6-7-19(17)9-10-8-11(14)4-5-12(10)18-2/h4-5,8H,3,6-7,9H2,1-2H3,(H,15,16). The maximum Gasteiger partial charge on any atom is 0.220 e. The summed E-state index contributed by atoms with van der Waals surface area (Å²) in [6.07, 6.45) is 0.288. The number of benzene rings is 1. The van der Waals surface area contributed by atoms with Crippen molar-refractivity contribution in [1.82, 2.24) is 5.32 Å². The minimum Gasteiger partial charge on any atom is -0.496 e. The van der Waals surface area contributed by atoms with Crippen molar-refractivity contribution in [2.75, 3.05) is 19.4 Å². The molecule has 1 amide bonds. The van der Waals surface area contributed by atoms with Crippen LogP contribution in [0.2, 0.25) is 0 Å². The normalized spacial score (nSPS) is 11.9. The maximum atomic E-state index is 12.0. The van der Waals surface area contributed by atoms with Gasteiger partial charge in [-0.3, -0.25) is 9.00 Å². The van der Waals surface area contributed by atoms with Crippen molar-refractivity contribution in [2.24, 2.45) is 0 Å². The van der Waals surface area contributed by atoms with E-state index in [4.69, 9.17) is 4.74 Å². The number of amides is 1. The first-order valence-corrected chi connectivity index (χ1v) is 8.29. The minimum absolute atomic E-state index is 0.0583. The summed E-state index contributed by atoms with van der Waals surface area (Å²) in [5.41, 5.74) is 0.881. The average molecular weight is 348 g/mol. The highest BCUT2D eigenvalue weighted by molar-refractivity contribution is 9.10. The van der Waals surface area contributed by atoms with Gasteiger partial charge in [-0.2, -0.15) is 0 Å². The average Bonchev–Trinajstić information content (AvgIpc) is 2.37. The van der Waals surface area contributed by atoms with Crippen LogP contribution in [0.1, 0.15) is 18.9 Å². The van der Waals surface area contributed by atoms with Gasteiger partial charge in [0.1, 0.15) is 5.75 Å². The van der Waals surface area contributed by atoms with Gasteiger partial charge >= 0.3 is 0 Å². The highest BCUT2D eigenvalue weighted by Gasteiger charge is 2.10. The number of ether oxygens (including phenoxy) is 1. The second kappa shape index (κ2) is 8.32. The molecule has 0 aliphatic rings. The van der Waals surface area contributed by atoms with Gasteiger partial charge in [0.2, 0.25) is 5.91 Å². The molecule has 106 valence electrons. The Balaban J connectivity index is 2.57. The van der Waals surface area contributed by atoms with E-state index in [1.807, 2.05) is 25.1 Å². The molecule has 1 atom stereocenters. The Bertz CT molecular complexity index is 465. The summed E-state index contributed by atoms with van der Waals surface area (Å²) in [6, 6.07) is 5.60. The number of halogens is 1. The predicted molar refractivity (Wildman–Crippen MR) is 80.7 cm³/mol. The largest absolute Gasteiger partial charge is 0.496 e. The van der Waals surface area contributed by atoms with E-state index in [1.54, 1.807) is 7.11 Å². The van der Waals surface area contributed by atoms with Crippen molar-refractivity contribution < 1.29 is 13.7 Å². The summed E-state index contributed by atoms with van der Waals surface area (Å²) in [6.45, 7) is 2.46. The van der Waals surface area contributed by atoms with Crippen LogP contribution in [-0.4, -0.2) is 29.5 Å². The number of hydrogen-bond donors (Lipinski definition) is 1. The zero-order valence-corrected chi connectivity index (χ0v) is 13.5. The third-order valence-electron chi connectivity index (χ3n) is 2.49. The van der Waals surface area contributed by atoms with Gasteiger partial charge in [-0.15, -0.1) is 0 Å². The van der Waals surface area contributed by atoms with Gasteiger partial charge in [0, 0.05) is 39.6 Å². The summed E-state index contributed by atoms with van der Waals surface area (Å²) >= 11 is 3.38. The van der Waals surface area contributed by atoms with Crippen molar-refractivity contribution in [3.05, 3.63) is 28.2 Å². The maximum absolute atomic E-state index is 12.0. The quantitative estimate of drug-likeness (QED) is 0.822. The molecule has 0 fully saturated rings. The van der Waals surface area contributed by atoms with Crippen LogP contribution >= 0.6 is 15.9 Å². The molecule has 0 heterocycles. The van der Waals surface area contributed by atoms with Crippen LogP contribution in [-0.2, 0) is 21.3 Å². The van der Waals surface area contributed by atoms with Crippen molar-refractivity contribution in [1.29, 1.82) is 0 Å². The number of carbonyl (C=O) groups is 1. The fourth-order valence-corrected chi connectivity index (χ4v) is 3.14. The van der Waals surface area contributed by atoms with Crippen molar-refractivity contribution in [3.8, 4) is 5.75 Å². The highest BCUT2D eigenvalue weighted by Crippen LogP contribution is 2.24. The number of hydrogen-bond acceptors (Lipinski definition) is 3. The molecule has 0 saturated carbocycles. The minimum atomic E-state index is -1.08. The van der Waals surface area contributed by atoms with Gasteiger partial charge in [0.05, 0.1) is 12.9 Å². The van der Waals surface area contributed by atoms with Crippen LogP contribution in [0.4, 0.5) is 0 Å². The Morgan fingerprint density at radius 1 is 1.47 bits per heavy atom. The summed E-state index contributed by atoms with van der Waals surface area (Å²) in [5.74, 6) is 1.41. The molecule has 0 spiro atoms. The molecular weight excluding hydrogens is 330 g/mol. The summed E-state index contributed by atoms with van der Waals surface area (Å²) in [5, 5.41) is 2.69. The monoisotopic (exact) mass is 347 g/mol. The summed E-state index contributed by atoms with van der Waals surface area (Å²) in [7, 11) is 0.511.